The summed E-state index contributed by atoms with van der Waals surface area (Å²) < 4.78 is 23.3. The van der Waals surface area contributed by atoms with Crippen LogP contribution in [-0.2, 0) is 16.4 Å². The number of nitrogens with two attached hydrogens (primary N) is 1. The zero-order valence-corrected chi connectivity index (χ0v) is 12.3. The van der Waals surface area contributed by atoms with Gasteiger partial charge >= 0.3 is 0 Å². The number of primary sulfonamides is 1. The topological polar surface area (TPSA) is 88.8 Å². The molecule has 0 spiro atoms. The minimum Gasteiger partial charge on any atom is -0.285 e. The molecule has 0 aliphatic heterocycles. The first-order chi connectivity index (χ1) is 9.54. The van der Waals surface area contributed by atoms with Crippen LogP contribution in [0.3, 0.4) is 0 Å². The molecule has 0 bridgehead atoms. The monoisotopic (exact) mass is 293 g/mol. The molecule has 2 rings (SSSR count). The predicted octanol–water partition coefficient (Wildman–Crippen LogP) is 2.46. The number of nitrogens with one attached hydrogen (secondary N) is 1. The van der Waals surface area contributed by atoms with Crippen molar-refractivity contribution in [2.75, 3.05) is 0 Å². The van der Waals surface area contributed by atoms with Crippen molar-refractivity contribution >= 4 is 10.0 Å². The summed E-state index contributed by atoms with van der Waals surface area (Å²) in [5.41, 5.74) is 2.25. The maximum atomic E-state index is 11.7. The number of aromatic amines is 1. The first kappa shape index (κ1) is 14.7. The fourth-order valence-electron chi connectivity index (χ4n) is 2.21. The Morgan fingerprint density at radius 2 is 2.00 bits per heavy atom. The number of rotatable bonds is 6. The minimum absolute atomic E-state index is 0.115. The van der Waals surface area contributed by atoms with Crippen LogP contribution in [-0.4, -0.2) is 18.6 Å². The largest absolute Gasteiger partial charge is 0.285 e. The second-order valence-electron chi connectivity index (χ2n) is 4.76. The third-order valence-electron chi connectivity index (χ3n) is 3.22. The van der Waals surface area contributed by atoms with Gasteiger partial charge in [-0.1, -0.05) is 38.0 Å². The zero-order chi connectivity index (χ0) is 14.6. The van der Waals surface area contributed by atoms with Gasteiger partial charge in [0.25, 0.3) is 0 Å². The van der Waals surface area contributed by atoms with E-state index in [1.807, 2.05) is 6.20 Å². The molecule has 3 N–H and O–H groups in total. The third-order valence-corrected chi connectivity index (χ3v) is 4.19. The van der Waals surface area contributed by atoms with E-state index in [-0.39, 0.29) is 4.90 Å². The summed E-state index contributed by atoms with van der Waals surface area (Å²) in [7, 11) is -3.76. The number of hydrogen-bond acceptors (Lipinski definition) is 3. The summed E-state index contributed by atoms with van der Waals surface area (Å²) in [5, 5.41) is 12.3. The van der Waals surface area contributed by atoms with Gasteiger partial charge in [0.15, 0.2) is 0 Å². The van der Waals surface area contributed by atoms with Gasteiger partial charge in [0.1, 0.15) is 0 Å². The molecule has 20 heavy (non-hydrogen) atoms. The Balaban J connectivity index is 2.40. The fourth-order valence-corrected chi connectivity index (χ4v) is 2.95. The summed E-state index contributed by atoms with van der Waals surface area (Å²) in [5.74, 6) is 0. The molecule has 0 fully saturated rings. The van der Waals surface area contributed by atoms with Gasteiger partial charge in [-0.15, -0.1) is 0 Å². The Bertz CT molecular complexity index is 677. The van der Waals surface area contributed by atoms with Crippen LogP contribution >= 0.6 is 0 Å². The Labute approximate surface area is 119 Å². The SMILES string of the molecule is CCCCCc1c[nH]nc1-c1ccccc1S(N)(=O)=O. The number of aromatic nitrogens is 2. The summed E-state index contributed by atoms with van der Waals surface area (Å²) in [6, 6.07) is 6.69. The van der Waals surface area contributed by atoms with Gasteiger partial charge in [-0.05, 0) is 24.5 Å². The van der Waals surface area contributed by atoms with Crippen LogP contribution in [0.1, 0.15) is 31.7 Å². The molecule has 5 nitrogen and oxygen atoms in total. The van der Waals surface area contributed by atoms with Crippen LogP contribution in [0, 0.1) is 0 Å². The standard InChI is InChI=1S/C14H19N3O2S/c1-2-3-4-7-11-10-16-17-14(11)12-8-5-6-9-13(12)20(15,18)19/h5-6,8-10H,2-4,7H2,1H3,(H,16,17)(H2,15,18,19). The molecule has 108 valence electrons. The summed E-state index contributed by atoms with van der Waals surface area (Å²) in [4.78, 5) is 0.115. The average Bonchev–Trinajstić information content (AvgIpc) is 2.86. The lowest BCUT2D eigenvalue weighted by Gasteiger charge is -2.07. The van der Waals surface area contributed by atoms with Crippen LogP contribution < -0.4 is 5.14 Å². The van der Waals surface area contributed by atoms with E-state index in [2.05, 4.69) is 17.1 Å². The van der Waals surface area contributed by atoms with Crippen molar-refractivity contribution in [1.29, 1.82) is 0 Å². The van der Waals surface area contributed by atoms with Crippen LogP contribution in [0.25, 0.3) is 11.3 Å². The molecule has 0 saturated heterocycles. The Hall–Kier alpha value is -1.66. The lowest BCUT2D eigenvalue weighted by molar-refractivity contribution is 0.598. The van der Waals surface area contributed by atoms with E-state index in [0.29, 0.717) is 11.3 Å². The highest BCUT2D eigenvalue weighted by Gasteiger charge is 2.18. The van der Waals surface area contributed by atoms with Crippen LogP contribution in [0.2, 0.25) is 0 Å². The lowest BCUT2D eigenvalue weighted by atomic mass is 10.0. The normalized spacial score (nSPS) is 11.7. The molecule has 0 atom stereocenters. The fraction of sp³-hybridized carbons (Fsp3) is 0.357. The van der Waals surface area contributed by atoms with Crippen molar-refractivity contribution in [1.82, 2.24) is 10.2 Å². The van der Waals surface area contributed by atoms with E-state index in [4.69, 9.17) is 5.14 Å². The number of sulfonamides is 1. The molecule has 0 aliphatic rings. The van der Waals surface area contributed by atoms with Gasteiger partial charge in [-0.25, -0.2) is 13.6 Å². The minimum atomic E-state index is -3.76. The van der Waals surface area contributed by atoms with E-state index in [1.165, 1.54) is 6.07 Å². The first-order valence-corrected chi connectivity index (χ1v) is 8.23. The highest BCUT2D eigenvalue weighted by Crippen LogP contribution is 2.28. The van der Waals surface area contributed by atoms with Crippen molar-refractivity contribution in [2.24, 2.45) is 5.14 Å². The predicted molar refractivity (Wildman–Crippen MR) is 78.6 cm³/mol. The molecule has 0 aliphatic carbocycles. The Morgan fingerprint density at radius 3 is 2.70 bits per heavy atom. The number of benzene rings is 1. The van der Waals surface area contributed by atoms with E-state index in [1.54, 1.807) is 18.2 Å². The number of hydrogen-bond donors (Lipinski definition) is 2. The van der Waals surface area contributed by atoms with E-state index in [9.17, 15) is 8.42 Å². The second kappa shape index (κ2) is 6.19. The number of H-pyrrole nitrogens is 1. The first-order valence-electron chi connectivity index (χ1n) is 6.69. The third kappa shape index (κ3) is 3.26. The van der Waals surface area contributed by atoms with Gasteiger partial charge < -0.3 is 0 Å². The smallest absolute Gasteiger partial charge is 0.238 e. The molecule has 1 aromatic carbocycles. The highest BCUT2D eigenvalue weighted by molar-refractivity contribution is 7.89. The molecule has 1 heterocycles. The highest BCUT2D eigenvalue weighted by atomic mass is 32.2. The van der Waals surface area contributed by atoms with Crippen molar-refractivity contribution in [3.63, 3.8) is 0 Å². The zero-order valence-electron chi connectivity index (χ0n) is 11.5. The molecule has 2 aromatic rings. The van der Waals surface area contributed by atoms with Gasteiger partial charge in [0.05, 0.1) is 10.6 Å². The lowest BCUT2D eigenvalue weighted by Crippen LogP contribution is -2.13. The average molecular weight is 293 g/mol. The maximum Gasteiger partial charge on any atom is 0.238 e. The van der Waals surface area contributed by atoms with Crippen LogP contribution in [0.15, 0.2) is 35.4 Å². The molecule has 1 aromatic heterocycles. The van der Waals surface area contributed by atoms with E-state index in [0.717, 1.165) is 31.2 Å². The quantitative estimate of drug-likeness (QED) is 0.802. The van der Waals surface area contributed by atoms with Crippen molar-refractivity contribution < 1.29 is 8.42 Å². The molecular formula is C14H19N3O2S. The van der Waals surface area contributed by atoms with Crippen molar-refractivity contribution in [3.05, 3.63) is 36.0 Å². The summed E-state index contributed by atoms with van der Waals surface area (Å²) >= 11 is 0. The van der Waals surface area contributed by atoms with Crippen molar-refractivity contribution in [2.45, 2.75) is 37.5 Å². The van der Waals surface area contributed by atoms with Gasteiger partial charge in [0, 0.05) is 11.8 Å². The van der Waals surface area contributed by atoms with Gasteiger partial charge in [-0.3, -0.25) is 5.10 Å². The Morgan fingerprint density at radius 1 is 1.25 bits per heavy atom. The van der Waals surface area contributed by atoms with Gasteiger partial charge in [-0.2, -0.15) is 5.10 Å². The molecule has 6 heteroatoms. The summed E-state index contributed by atoms with van der Waals surface area (Å²) in [6.45, 7) is 2.15. The Kier molecular flexibility index (Phi) is 4.57. The molecule has 0 radical (unpaired) electrons. The van der Waals surface area contributed by atoms with Crippen LogP contribution in [0.5, 0.6) is 0 Å². The molecular weight excluding hydrogens is 274 g/mol. The number of aryl methyl sites for hydroxylation is 1. The van der Waals surface area contributed by atoms with Crippen molar-refractivity contribution in [3.8, 4) is 11.3 Å². The van der Waals surface area contributed by atoms with Crippen LogP contribution in [0.4, 0.5) is 0 Å². The van der Waals surface area contributed by atoms with Gasteiger partial charge in [0.2, 0.25) is 10.0 Å². The molecule has 0 amide bonds. The maximum absolute atomic E-state index is 11.7. The number of unbranched alkanes of at least 4 members (excludes halogenated alkanes) is 2. The van der Waals surface area contributed by atoms with E-state index >= 15 is 0 Å². The molecule has 0 saturated carbocycles. The number of nitrogens with zero attached hydrogens (tertiary/aromatic N) is 1. The molecule has 0 unspecified atom stereocenters. The second-order valence-corrected chi connectivity index (χ2v) is 6.29. The summed E-state index contributed by atoms with van der Waals surface area (Å²) in [6.07, 6.45) is 6.03. The van der Waals surface area contributed by atoms with E-state index < -0.39 is 10.0 Å².